The zero-order chi connectivity index (χ0) is 36.3. The van der Waals surface area contributed by atoms with Crippen LogP contribution in [0.1, 0.15) is 0 Å². The van der Waals surface area contributed by atoms with Crippen molar-refractivity contribution in [3.63, 3.8) is 0 Å². The first-order chi connectivity index (χ1) is 27.3. The van der Waals surface area contributed by atoms with Gasteiger partial charge in [-0.1, -0.05) is 164 Å². The molecule has 0 aliphatic heterocycles. The van der Waals surface area contributed by atoms with Gasteiger partial charge in [0.05, 0.1) is 11.4 Å². The normalized spacial score (nSPS) is 11.6. The minimum atomic E-state index is 0.845. The summed E-state index contributed by atoms with van der Waals surface area (Å²) < 4.78 is 13.3. The van der Waals surface area contributed by atoms with E-state index in [1.807, 2.05) is 18.2 Å². The SMILES string of the molecule is c1ccc(-c2cc(N(c3ccc(-c4ccccc4)c4ccccc34)c3cccc4c3oc3ccccc34)ccc2-c2cccc3c2oc2ccccc23)cc1. The smallest absolute Gasteiger partial charge is 0.159 e. The first-order valence-electron chi connectivity index (χ1n) is 18.7. The van der Waals surface area contributed by atoms with Crippen molar-refractivity contribution in [2.75, 3.05) is 4.90 Å². The molecule has 0 saturated carbocycles. The molecule has 258 valence electrons. The van der Waals surface area contributed by atoms with Crippen LogP contribution in [0.2, 0.25) is 0 Å². The highest BCUT2D eigenvalue weighted by molar-refractivity contribution is 6.14. The lowest BCUT2D eigenvalue weighted by atomic mass is 9.92. The van der Waals surface area contributed by atoms with Crippen molar-refractivity contribution in [2.45, 2.75) is 0 Å². The van der Waals surface area contributed by atoms with Gasteiger partial charge in [-0.2, -0.15) is 0 Å². The van der Waals surface area contributed by atoms with Crippen molar-refractivity contribution in [1.82, 2.24) is 0 Å². The van der Waals surface area contributed by atoms with E-state index in [4.69, 9.17) is 8.83 Å². The molecule has 0 aliphatic carbocycles. The van der Waals surface area contributed by atoms with Crippen LogP contribution < -0.4 is 4.90 Å². The maximum Gasteiger partial charge on any atom is 0.159 e. The van der Waals surface area contributed by atoms with Gasteiger partial charge in [-0.25, -0.2) is 0 Å². The fourth-order valence-electron chi connectivity index (χ4n) is 8.39. The predicted molar refractivity (Wildman–Crippen MR) is 229 cm³/mol. The molecule has 0 aliphatic rings. The van der Waals surface area contributed by atoms with Crippen LogP contribution in [0.3, 0.4) is 0 Å². The minimum Gasteiger partial charge on any atom is -0.455 e. The summed E-state index contributed by atoms with van der Waals surface area (Å²) in [6.45, 7) is 0. The van der Waals surface area contributed by atoms with Crippen LogP contribution in [0, 0.1) is 0 Å². The topological polar surface area (TPSA) is 29.5 Å². The largest absolute Gasteiger partial charge is 0.455 e. The summed E-state index contributed by atoms with van der Waals surface area (Å²) in [6.07, 6.45) is 0. The lowest BCUT2D eigenvalue weighted by Crippen LogP contribution is -2.11. The van der Waals surface area contributed by atoms with Crippen molar-refractivity contribution in [3.05, 3.63) is 200 Å². The van der Waals surface area contributed by atoms with Crippen molar-refractivity contribution < 1.29 is 8.83 Å². The Hall–Kier alpha value is -7.36. The first kappa shape index (κ1) is 31.2. The number of rotatable bonds is 6. The van der Waals surface area contributed by atoms with Gasteiger partial charge in [0.2, 0.25) is 0 Å². The molecule has 0 N–H and O–H groups in total. The second kappa shape index (κ2) is 12.6. The molecular weight excluding hydrogens is 671 g/mol. The highest BCUT2D eigenvalue weighted by atomic mass is 16.3. The van der Waals surface area contributed by atoms with E-state index in [0.717, 1.165) is 88.6 Å². The molecule has 55 heavy (non-hydrogen) atoms. The Kier molecular flexibility index (Phi) is 7.17. The van der Waals surface area contributed by atoms with Crippen LogP contribution in [0.4, 0.5) is 17.1 Å². The molecule has 9 aromatic carbocycles. The molecule has 0 fully saturated rings. The van der Waals surface area contributed by atoms with Crippen LogP contribution in [-0.4, -0.2) is 0 Å². The molecule has 0 radical (unpaired) electrons. The zero-order valence-corrected chi connectivity index (χ0v) is 29.8. The van der Waals surface area contributed by atoms with E-state index in [1.54, 1.807) is 0 Å². The van der Waals surface area contributed by atoms with Gasteiger partial charge < -0.3 is 13.7 Å². The van der Waals surface area contributed by atoms with Gasteiger partial charge in [0.15, 0.2) is 5.58 Å². The second-order valence-corrected chi connectivity index (χ2v) is 14.0. The molecule has 0 spiro atoms. The van der Waals surface area contributed by atoms with E-state index in [0.29, 0.717) is 0 Å². The fourth-order valence-corrected chi connectivity index (χ4v) is 8.39. The van der Waals surface area contributed by atoms with Gasteiger partial charge in [-0.05, 0) is 69.6 Å². The number of hydrogen-bond acceptors (Lipinski definition) is 3. The number of benzene rings is 9. The minimum absolute atomic E-state index is 0.845. The third-order valence-corrected chi connectivity index (χ3v) is 10.9. The predicted octanol–water partition coefficient (Wildman–Crippen LogP) is 15.1. The highest BCUT2D eigenvalue weighted by Crippen LogP contribution is 2.48. The molecule has 0 unspecified atom stereocenters. The monoisotopic (exact) mass is 703 g/mol. The number of furan rings is 2. The summed E-state index contributed by atoms with van der Waals surface area (Å²) in [5.41, 5.74) is 13.3. The Balaban J connectivity index is 1.20. The van der Waals surface area contributed by atoms with E-state index in [1.165, 1.54) is 16.5 Å². The molecule has 2 heterocycles. The van der Waals surface area contributed by atoms with Gasteiger partial charge in [0.25, 0.3) is 0 Å². The average Bonchev–Trinajstić information content (AvgIpc) is 3.84. The van der Waals surface area contributed by atoms with Crippen molar-refractivity contribution in [3.8, 4) is 33.4 Å². The Morgan fingerprint density at radius 2 is 0.818 bits per heavy atom. The third-order valence-electron chi connectivity index (χ3n) is 10.9. The fraction of sp³-hybridized carbons (Fsp3) is 0. The van der Waals surface area contributed by atoms with Crippen LogP contribution in [0.15, 0.2) is 209 Å². The molecule has 3 heteroatoms. The third kappa shape index (κ3) is 5.05. The molecule has 0 amide bonds. The Morgan fingerprint density at radius 1 is 0.291 bits per heavy atom. The number of para-hydroxylation sites is 4. The number of fused-ring (bicyclic) bond motifs is 7. The molecule has 0 saturated heterocycles. The van der Waals surface area contributed by atoms with Gasteiger partial charge >= 0.3 is 0 Å². The summed E-state index contributed by atoms with van der Waals surface area (Å²) in [7, 11) is 0. The van der Waals surface area contributed by atoms with Gasteiger partial charge in [-0.3, -0.25) is 0 Å². The van der Waals surface area contributed by atoms with Crippen molar-refractivity contribution >= 4 is 71.7 Å². The van der Waals surface area contributed by atoms with E-state index in [9.17, 15) is 0 Å². The average molecular weight is 704 g/mol. The molecule has 11 aromatic rings. The van der Waals surface area contributed by atoms with E-state index in [2.05, 4.69) is 187 Å². The molecule has 0 atom stereocenters. The Morgan fingerprint density at radius 3 is 1.53 bits per heavy atom. The van der Waals surface area contributed by atoms with Crippen molar-refractivity contribution in [2.24, 2.45) is 0 Å². The summed E-state index contributed by atoms with van der Waals surface area (Å²) in [4.78, 5) is 2.37. The zero-order valence-electron chi connectivity index (χ0n) is 29.8. The first-order valence-corrected chi connectivity index (χ1v) is 18.7. The highest BCUT2D eigenvalue weighted by Gasteiger charge is 2.24. The number of hydrogen-bond donors (Lipinski definition) is 0. The van der Waals surface area contributed by atoms with Gasteiger partial charge in [-0.15, -0.1) is 0 Å². The Bertz CT molecular complexity index is 3210. The van der Waals surface area contributed by atoms with Crippen LogP contribution in [0.5, 0.6) is 0 Å². The van der Waals surface area contributed by atoms with E-state index >= 15 is 0 Å². The summed E-state index contributed by atoms with van der Waals surface area (Å²) >= 11 is 0. The van der Waals surface area contributed by atoms with Crippen LogP contribution in [0.25, 0.3) is 88.0 Å². The van der Waals surface area contributed by atoms with Crippen molar-refractivity contribution in [1.29, 1.82) is 0 Å². The maximum absolute atomic E-state index is 6.74. The van der Waals surface area contributed by atoms with Crippen LogP contribution >= 0.6 is 0 Å². The lowest BCUT2D eigenvalue weighted by Gasteiger charge is -2.28. The summed E-state index contributed by atoms with van der Waals surface area (Å²) in [5, 5.41) is 6.74. The van der Waals surface area contributed by atoms with Gasteiger partial charge in [0.1, 0.15) is 16.7 Å². The number of anilines is 3. The van der Waals surface area contributed by atoms with Crippen LogP contribution in [-0.2, 0) is 0 Å². The van der Waals surface area contributed by atoms with Gasteiger partial charge in [0, 0.05) is 38.2 Å². The van der Waals surface area contributed by atoms with E-state index < -0.39 is 0 Å². The maximum atomic E-state index is 6.74. The summed E-state index contributed by atoms with van der Waals surface area (Å²) in [6, 6.07) is 70.9. The molecule has 11 rings (SSSR count). The molecule has 0 bridgehead atoms. The van der Waals surface area contributed by atoms with E-state index in [-0.39, 0.29) is 0 Å². The lowest BCUT2D eigenvalue weighted by molar-refractivity contribution is 0.669. The summed E-state index contributed by atoms with van der Waals surface area (Å²) in [5.74, 6) is 0. The Labute approximate surface area is 317 Å². The quantitative estimate of drug-likeness (QED) is 0.173. The number of nitrogens with zero attached hydrogens (tertiary/aromatic N) is 1. The second-order valence-electron chi connectivity index (χ2n) is 14.0. The molecular formula is C52H33NO2. The molecule has 3 nitrogen and oxygen atoms in total. The molecule has 2 aromatic heterocycles. The standard InChI is InChI=1S/C52H33NO2/c1-3-15-34(16-4-1)37-31-32-47(40-20-8-7-19-38(37)40)53(48-26-14-25-45-42-22-10-12-28-50(42)55-52(45)48)36-29-30-39(46(33-36)35-17-5-2-6-18-35)43-23-13-24-44-41-21-9-11-27-49(41)54-51(43)44/h1-33H.